The van der Waals surface area contributed by atoms with Crippen LogP contribution in [0.25, 0.3) is 0 Å². The van der Waals surface area contributed by atoms with E-state index in [0.29, 0.717) is 32.9 Å². The molecule has 176 valence electrons. The molecule has 0 radical (unpaired) electrons. The monoisotopic (exact) mass is 449 g/mol. The zero-order valence-electron chi connectivity index (χ0n) is 19.9. The SMILES string of the molecule is CCNC(=NCc1ccc(C)cc1OCCOCC)NCc1nccn1Cc1ccccc1. The second-order valence-corrected chi connectivity index (χ2v) is 7.66. The van der Waals surface area contributed by atoms with Gasteiger partial charge >= 0.3 is 0 Å². The molecule has 2 N–H and O–H groups in total. The molecule has 7 heteroatoms. The number of hydrogen-bond acceptors (Lipinski definition) is 4. The summed E-state index contributed by atoms with van der Waals surface area (Å²) in [6.07, 6.45) is 3.84. The highest BCUT2D eigenvalue weighted by molar-refractivity contribution is 5.79. The number of nitrogens with one attached hydrogen (secondary N) is 2. The number of rotatable bonds is 12. The second-order valence-electron chi connectivity index (χ2n) is 7.66. The number of aliphatic imine (C=N–C) groups is 1. The van der Waals surface area contributed by atoms with Crippen LogP contribution in [0.2, 0.25) is 0 Å². The highest BCUT2D eigenvalue weighted by Crippen LogP contribution is 2.21. The summed E-state index contributed by atoms with van der Waals surface area (Å²) in [7, 11) is 0. The van der Waals surface area contributed by atoms with E-state index in [1.54, 1.807) is 0 Å². The van der Waals surface area contributed by atoms with Crippen LogP contribution in [0.1, 0.15) is 36.4 Å². The highest BCUT2D eigenvalue weighted by Gasteiger charge is 2.08. The standard InChI is InChI=1S/C26H35N5O2/c1-4-27-26(29-18-23-12-11-21(3)17-24(23)33-16-15-32-5-2)30-19-25-28-13-14-31(25)20-22-9-7-6-8-10-22/h6-14,17H,4-5,15-16,18-20H2,1-3H3,(H2,27,29,30). The Balaban J connectivity index is 1.63. The molecule has 1 aromatic heterocycles. The average molecular weight is 450 g/mol. The zero-order valence-corrected chi connectivity index (χ0v) is 19.9. The van der Waals surface area contributed by atoms with Crippen molar-refractivity contribution >= 4 is 5.96 Å². The van der Waals surface area contributed by atoms with Crippen LogP contribution in [0.15, 0.2) is 65.9 Å². The molecule has 0 spiro atoms. The van der Waals surface area contributed by atoms with Crippen LogP contribution in [0.3, 0.4) is 0 Å². The average Bonchev–Trinajstić information content (AvgIpc) is 3.27. The number of benzene rings is 2. The van der Waals surface area contributed by atoms with E-state index in [1.807, 2.05) is 25.4 Å². The fourth-order valence-electron chi connectivity index (χ4n) is 3.38. The second kappa shape index (κ2) is 13.3. The molecular formula is C26H35N5O2. The van der Waals surface area contributed by atoms with Crippen molar-refractivity contribution in [2.24, 2.45) is 4.99 Å². The number of guanidine groups is 1. The van der Waals surface area contributed by atoms with Gasteiger partial charge in [0.1, 0.15) is 18.2 Å². The molecule has 33 heavy (non-hydrogen) atoms. The highest BCUT2D eigenvalue weighted by atomic mass is 16.5. The molecule has 0 atom stereocenters. The minimum atomic E-state index is 0.512. The number of imidazole rings is 1. The lowest BCUT2D eigenvalue weighted by molar-refractivity contribution is 0.110. The van der Waals surface area contributed by atoms with Crippen LogP contribution in [0, 0.1) is 6.92 Å². The predicted octanol–water partition coefficient (Wildman–Crippen LogP) is 3.91. The number of ether oxygens (including phenoxy) is 2. The normalized spacial score (nSPS) is 11.4. The first kappa shape index (κ1) is 24.3. The van der Waals surface area contributed by atoms with Crippen LogP contribution >= 0.6 is 0 Å². The van der Waals surface area contributed by atoms with Crippen molar-refractivity contribution in [3.63, 3.8) is 0 Å². The van der Waals surface area contributed by atoms with E-state index in [2.05, 4.69) is 76.5 Å². The van der Waals surface area contributed by atoms with E-state index in [0.717, 1.165) is 41.7 Å². The first-order valence-corrected chi connectivity index (χ1v) is 11.6. The van der Waals surface area contributed by atoms with Gasteiger partial charge in [0.15, 0.2) is 5.96 Å². The lowest BCUT2D eigenvalue weighted by Gasteiger charge is -2.14. The third-order valence-electron chi connectivity index (χ3n) is 5.08. The molecule has 3 aromatic rings. The summed E-state index contributed by atoms with van der Waals surface area (Å²) < 4.78 is 13.5. The Labute approximate surface area is 196 Å². The van der Waals surface area contributed by atoms with Crippen molar-refractivity contribution in [2.75, 3.05) is 26.4 Å². The quantitative estimate of drug-likeness (QED) is 0.249. The lowest BCUT2D eigenvalue weighted by atomic mass is 10.1. The van der Waals surface area contributed by atoms with Crippen molar-refractivity contribution in [1.29, 1.82) is 0 Å². The van der Waals surface area contributed by atoms with Gasteiger partial charge in [-0.1, -0.05) is 42.5 Å². The summed E-state index contributed by atoms with van der Waals surface area (Å²) in [6.45, 7) is 10.5. The fourth-order valence-corrected chi connectivity index (χ4v) is 3.38. The minimum Gasteiger partial charge on any atom is -0.491 e. The molecule has 0 aliphatic rings. The van der Waals surface area contributed by atoms with Gasteiger partial charge in [0.05, 0.1) is 19.7 Å². The Kier molecular flexibility index (Phi) is 9.79. The van der Waals surface area contributed by atoms with Crippen LogP contribution < -0.4 is 15.4 Å². The van der Waals surface area contributed by atoms with Gasteiger partial charge < -0.3 is 24.7 Å². The molecule has 0 fully saturated rings. The van der Waals surface area contributed by atoms with Crippen molar-refractivity contribution < 1.29 is 9.47 Å². The molecule has 0 aliphatic carbocycles. The number of aromatic nitrogens is 2. The lowest BCUT2D eigenvalue weighted by Crippen LogP contribution is -2.37. The molecule has 0 amide bonds. The number of aryl methyl sites for hydroxylation is 1. The Morgan fingerprint density at radius 2 is 1.91 bits per heavy atom. The van der Waals surface area contributed by atoms with Crippen LogP contribution in [-0.4, -0.2) is 41.9 Å². The molecule has 3 rings (SSSR count). The molecule has 0 saturated heterocycles. The smallest absolute Gasteiger partial charge is 0.191 e. The van der Waals surface area contributed by atoms with Gasteiger partial charge in [-0.05, 0) is 38.0 Å². The topological polar surface area (TPSA) is 72.7 Å². The molecule has 0 bridgehead atoms. The van der Waals surface area contributed by atoms with Crippen LogP contribution in [-0.2, 0) is 24.4 Å². The summed E-state index contributed by atoms with van der Waals surface area (Å²) >= 11 is 0. The molecule has 0 saturated carbocycles. The van der Waals surface area contributed by atoms with Crippen LogP contribution in [0.5, 0.6) is 5.75 Å². The molecule has 0 unspecified atom stereocenters. The maximum absolute atomic E-state index is 5.96. The van der Waals surface area contributed by atoms with E-state index in [9.17, 15) is 0 Å². The Hall–Kier alpha value is -3.32. The summed E-state index contributed by atoms with van der Waals surface area (Å²) in [4.78, 5) is 9.30. The van der Waals surface area contributed by atoms with E-state index < -0.39 is 0 Å². The van der Waals surface area contributed by atoms with Gasteiger partial charge in [-0.25, -0.2) is 9.98 Å². The summed E-state index contributed by atoms with van der Waals surface area (Å²) in [5.74, 6) is 2.56. The minimum absolute atomic E-state index is 0.512. The van der Waals surface area contributed by atoms with E-state index in [4.69, 9.17) is 14.5 Å². The summed E-state index contributed by atoms with van der Waals surface area (Å²) in [6, 6.07) is 16.6. The zero-order chi connectivity index (χ0) is 23.3. The van der Waals surface area contributed by atoms with E-state index >= 15 is 0 Å². The third-order valence-corrected chi connectivity index (χ3v) is 5.08. The van der Waals surface area contributed by atoms with Gasteiger partial charge in [-0.15, -0.1) is 0 Å². The summed E-state index contributed by atoms with van der Waals surface area (Å²) in [5, 5.41) is 6.72. The van der Waals surface area contributed by atoms with Gasteiger partial charge in [0.25, 0.3) is 0 Å². The molecule has 1 heterocycles. The summed E-state index contributed by atoms with van der Waals surface area (Å²) in [5.41, 5.74) is 3.44. The molecule has 2 aromatic carbocycles. The first-order valence-electron chi connectivity index (χ1n) is 11.6. The van der Waals surface area contributed by atoms with E-state index in [1.165, 1.54) is 5.56 Å². The molecular weight excluding hydrogens is 414 g/mol. The first-order chi connectivity index (χ1) is 16.2. The van der Waals surface area contributed by atoms with Gasteiger partial charge in [-0.3, -0.25) is 0 Å². The predicted molar refractivity (Wildman–Crippen MR) is 133 cm³/mol. The maximum atomic E-state index is 5.96. The van der Waals surface area contributed by atoms with Crippen LogP contribution in [0.4, 0.5) is 0 Å². The Morgan fingerprint density at radius 3 is 2.70 bits per heavy atom. The van der Waals surface area contributed by atoms with Crippen molar-refractivity contribution in [3.05, 3.63) is 83.4 Å². The maximum Gasteiger partial charge on any atom is 0.191 e. The van der Waals surface area contributed by atoms with Crippen molar-refractivity contribution in [3.8, 4) is 5.75 Å². The largest absolute Gasteiger partial charge is 0.491 e. The number of nitrogens with zero attached hydrogens (tertiary/aromatic N) is 3. The van der Waals surface area contributed by atoms with Crippen molar-refractivity contribution in [2.45, 2.75) is 40.4 Å². The third kappa shape index (κ3) is 7.95. The molecule has 0 aliphatic heterocycles. The van der Waals surface area contributed by atoms with Gasteiger partial charge in [-0.2, -0.15) is 0 Å². The number of hydrogen-bond donors (Lipinski definition) is 2. The van der Waals surface area contributed by atoms with Gasteiger partial charge in [0, 0.05) is 37.7 Å². The fraction of sp³-hybridized carbons (Fsp3) is 0.385. The Morgan fingerprint density at radius 1 is 1.06 bits per heavy atom. The van der Waals surface area contributed by atoms with Gasteiger partial charge in [0.2, 0.25) is 0 Å². The van der Waals surface area contributed by atoms with E-state index in [-0.39, 0.29) is 0 Å². The Bertz CT molecular complexity index is 1000. The van der Waals surface area contributed by atoms with Crippen molar-refractivity contribution in [1.82, 2.24) is 20.2 Å². The molecule has 7 nitrogen and oxygen atoms in total.